The number of aryl methyl sites for hydroxylation is 1. The monoisotopic (exact) mass is 367 g/mol. The molecule has 1 N–H and O–H groups in total. The van der Waals surface area contributed by atoms with Gasteiger partial charge in [-0.25, -0.2) is 17.6 Å². The Kier molecular flexibility index (Phi) is 5.47. The Balaban J connectivity index is 2.22. The van der Waals surface area contributed by atoms with Crippen LogP contribution in [0.15, 0.2) is 6.20 Å². The van der Waals surface area contributed by atoms with Crippen molar-refractivity contribution >= 4 is 23.2 Å². The van der Waals surface area contributed by atoms with Gasteiger partial charge in [-0.3, -0.25) is 14.2 Å². The van der Waals surface area contributed by atoms with Gasteiger partial charge in [-0.2, -0.15) is 10.2 Å². The van der Waals surface area contributed by atoms with Gasteiger partial charge in [-0.1, -0.05) is 11.6 Å². The number of carbonyl (C=O) groups is 1. The first-order valence-corrected chi connectivity index (χ1v) is 7.28. The fourth-order valence-corrected chi connectivity index (χ4v) is 2.45. The SMILES string of the molecule is CCn1ncc(NC(=O)Cn2nc(C(F)F)c(Cl)c2C(F)F)c1C. The van der Waals surface area contributed by atoms with Crippen molar-refractivity contribution in [1.29, 1.82) is 0 Å². The Morgan fingerprint density at radius 3 is 2.46 bits per heavy atom. The summed E-state index contributed by atoms with van der Waals surface area (Å²) in [5, 5.41) is 9.00. The number of alkyl halides is 4. The van der Waals surface area contributed by atoms with Crippen LogP contribution in [-0.2, 0) is 17.9 Å². The van der Waals surface area contributed by atoms with Crippen molar-refractivity contribution < 1.29 is 22.4 Å². The smallest absolute Gasteiger partial charge is 0.283 e. The van der Waals surface area contributed by atoms with Gasteiger partial charge in [0.15, 0.2) is 0 Å². The quantitative estimate of drug-likeness (QED) is 0.794. The second-order valence-electron chi connectivity index (χ2n) is 4.85. The lowest BCUT2D eigenvalue weighted by molar-refractivity contribution is -0.117. The minimum Gasteiger partial charge on any atom is -0.322 e. The predicted octanol–water partition coefficient (Wildman–Crippen LogP) is 3.58. The summed E-state index contributed by atoms with van der Waals surface area (Å²) in [7, 11) is 0. The number of amides is 1. The van der Waals surface area contributed by atoms with E-state index in [1.54, 1.807) is 11.6 Å². The van der Waals surface area contributed by atoms with E-state index in [0.717, 1.165) is 0 Å². The Hall–Kier alpha value is -2.10. The first-order valence-electron chi connectivity index (χ1n) is 6.90. The van der Waals surface area contributed by atoms with E-state index in [1.165, 1.54) is 6.20 Å². The Morgan fingerprint density at radius 2 is 1.96 bits per heavy atom. The highest BCUT2D eigenvalue weighted by molar-refractivity contribution is 6.32. The third-order valence-corrected chi connectivity index (χ3v) is 3.73. The average molecular weight is 368 g/mol. The van der Waals surface area contributed by atoms with Gasteiger partial charge >= 0.3 is 0 Å². The van der Waals surface area contributed by atoms with Gasteiger partial charge in [-0.15, -0.1) is 0 Å². The van der Waals surface area contributed by atoms with Crippen LogP contribution in [0.3, 0.4) is 0 Å². The summed E-state index contributed by atoms with van der Waals surface area (Å²) in [5.41, 5.74) is -0.822. The molecule has 0 atom stereocenters. The van der Waals surface area contributed by atoms with Crippen molar-refractivity contribution in [2.45, 2.75) is 39.8 Å². The van der Waals surface area contributed by atoms with Gasteiger partial charge in [-0.05, 0) is 13.8 Å². The van der Waals surface area contributed by atoms with E-state index < -0.39 is 41.7 Å². The highest BCUT2D eigenvalue weighted by atomic mass is 35.5. The van der Waals surface area contributed by atoms with Gasteiger partial charge in [0.1, 0.15) is 17.9 Å². The number of aromatic nitrogens is 4. The third-order valence-electron chi connectivity index (χ3n) is 3.34. The molecule has 2 heterocycles. The van der Waals surface area contributed by atoms with E-state index in [1.807, 2.05) is 6.92 Å². The van der Waals surface area contributed by atoms with Gasteiger partial charge in [0.05, 0.1) is 22.6 Å². The summed E-state index contributed by atoms with van der Waals surface area (Å²) in [4.78, 5) is 12.0. The number of nitrogens with one attached hydrogen (secondary N) is 1. The molecule has 1 amide bonds. The summed E-state index contributed by atoms with van der Waals surface area (Å²) in [6.45, 7) is 3.49. The van der Waals surface area contributed by atoms with Crippen LogP contribution in [0.2, 0.25) is 5.02 Å². The second kappa shape index (κ2) is 7.20. The van der Waals surface area contributed by atoms with E-state index in [9.17, 15) is 22.4 Å². The van der Waals surface area contributed by atoms with Crippen molar-refractivity contribution in [2.75, 3.05) is 5.32 Å². The molecule has 0 aliphatic heterocycles. The maximum Gasteiger partial charge on any atom is 0.283 e. The molecule has 0 saturated carbocycles. The number of nitrogens with zero attached hydrogens (tertiary/aromatic N) is 4. The van der Waals surface area contributed by atoms with E-state index in [-0.39, 0.29) is 0 Å². The molecule has 0 radical (unpaired) electrons. The topological polar surface area (TPSA) is 64.7 Å². The van der Waals surface area contributed by atoms with Gasteiger partial charge < -0.3 is 5.32 Å². The average Bonchev–Trinajstić information content (AvgIpc) is 3.00. The van der Waals surface area contributed by atoms with Crippen molar-refractivity contribution in [2.24, 2.45) is 0 Å². The zero-order valence-electron chi connectivity index (χ0n) is 12.7. The molecule has 0 bridgehead atoms. The van der Waals surface area contributed by atoms with Crippen molar-refractivity contribution in [3.63, 3.8) is 0 Å². The zero-order chi connectivity index (χ0) is 18.0. The number of anilines is 1. The second-order valence-corrected chi connectivity index (χ2v) is 5.23. The summed E-state index contributed by atoms with van der Waals surface area (Å²) >= 11 is 5.52. The standard InChI is InChI=1S/C13H14ClF4N5O/c1-3-22-6(2)7(4-19-22)20-8(24)5-23-11(13(17)18)9(14)10(21-23)12(15)16/h4,12-13H,3,5H2,1-2H3,(H,20,24). The largest absolute Gasteiger partial charge is 0.322 e. The number of halogens is 5. The Bertz CT molecular complexity index is 743. The molecule has 0 aliphatic rings. The normalized spacial score (nSPS) is 11.5. The van der Waals surface area contributed by atoms with Crippen molar-refractivity contribution in [3.05, 3.63) is 28.3 Å². The molecule has 11 heteroatoms. The van der Waals surface area contributed by atoms with Crippen LogP contribution in [0.25, 0.3) is 0 Å². The molecule has 0 fully saturated rings. The summed E-state index contributed by atoms with van der Waals surface area (Å²) in [6, 6.07) is 0. The summed E-state index contributed by atoms with van der Waals surface area (Å²) < 4.78 is 53.6. The molecule has 0 aliphatic carbocycles. The number of hydrogen-bond donors (Lipinski definition) is 1. The van der Waals surface area contributed by atoms with Crippen LogP contribution in [0, 0.1) is 6.92 Å². The van der Waals surface area contributed by atoms with Gasteiger partial charge in [0.25, 0.3) is 12.9 Å². The molecule has 2 rings (SSSR count). The summed E-state index contributed by atoms with van der Waals surface area (Å²) in [5.74, 6) is -0.712. The van der Waals surface area contributed by atoms with Crippen LogP contribution < -0.4 is 5.32 Å². The van der Waals surface area contributed by atoms with E-state index in [4.69, 9.17) is 11.6 Å². The van der Waals surface area contributed by atoms with Crippen LogP contribution >= 0.6 is 11.6 Å². The number of carbonyl (C=O) groups excluding carboxylic acids is 1. The van der Waals surface area contributed by atoms with E-state index >= 15 is 0 Å². The fraction of sp³-hybridized carbons (Fsp3) is 0.462. The van der Waals surface area contributed by atoms with Crippen molar-refractivity contribution in [3.8, 4) is 0 Å². The molecule has 2 aromatic heterocycles. The molecule has 0 spiro atoms. The molecule has 0 saturated heterocycles. The molecule has 0 unspecified atom stereocenters. The minimum absolute atomic E-state index is 0.396. The van der Waals surface area contributed by atoms with Crippen LogP contribution in [-0.4, -0.2) is 25.5 Å². The van der Waals surface area contributed by atoms with Gasteiger partial charge in [0, 0.05) is 6.54 Å². The lowest BCUT2D eigenvalue weighted by atomic mass is 10.3. The molecule has 0 aromatic carbocycles. The van der Waals surface area contributed by atoms with E-state index in [0.29, 0.717) is 22.6 Å². The molecule has 24 heavy (non-hydrogen) atoms. The van der Waals surface area contributed by atoms with E-state index in [2.05, 4.69) is 15.5 Å². The highest BCUT2D eigenvalue weighted by Gasteiger charge is 2.28. The molecular formula is C13H14ClF4N5O. The summed E-state index contributed by atoms with van der Waals surface area (Å²) in [6.07, 6.45) is -4.86. The lowest BCUT2D eigenvalue weighted by Gasteiger charge is -2.08. The maximum atomic E-state index is 13.0. The highest BCUT2D eigenvalue weighted by Crippen LogP contribution is 2.34. The Morgan fingerprint density at radius 1 is 1.29 bits per heavy atom. The van der Waals surface area contributed by atoms with Crippen LogP contribution in [0.5, 0.6) is 0 Å². The van der Waals surface area contributed by atoms with Gasteiger partial charge in [0.2, 0.25) is 5.91 Å². The predicted molar refractivity (Wildman–Crippen MR) is 78.4 cm³/mol. The molecule has 2 aromatic rings. The molecule has 6 nitrogen and oxygen atoms in total. The van der Waals surface area contributed by atoms with Crippen molar-refractivity contribution in [1.82, 2.24) is 19.6 Å². The Labute approximate surface area is 139 Å². The number of rotatable bonds is 6. The first kappa shape index (κ1) is 18.2. The lowest BCUT2D eigenvalue weighted by Crippen LogP contribution is -2.21. The molecule has 132 valence electrons. The number of hydrogen-bond acceptors (Lipinski definition) is 3. The maximum absolute atomic E-state index is 13.0. The van der Waals surface area contributed by atoms with Crippen LogP contribution in [0.1, 0.15) is 36.9 Å². The molecular weight excluding hydrogens is 354 g/mol. The minimum atomic E-state index is -3.14. The zero-order valence-corrected chi connectivity index (χ0v) is 13.5. The first-order chi connectivity index (χ1) is 11.3. The third kappa shape index (κ3) is 3.53. The van der Waals surface area contributed by atoms with Crippen LogP contribution in [0.4, 0.5) is 23.2 Å². The fourth-order valence-electron chi connectivity index (χ4n) is 2.15.